The molecule has 0 aliphatic heterocycles. The molecule has 0 bridgehead atoms. The van der Waals surface area contributed by atoms with Crippen molar-refractivity contribution in [3.8, 4) is 0 Å². The number of ether oxygens (including phenoxy) is 2. The number of hydrogen-bond acceptors (Lipinski definition) is 4. The van der Waals surface area contributed by atoms with Crippen LogP contribution in [0.3, 0.4) is 0 Å². The maximum Gasteiger partial charge on any atom is 0.338 e. The highest BCUT2D eigenvalue weighted by Gasteiger charge is 2.70. The highest BCUT2D eigenvalue weighted by Crippen LogP contribution is 2.76. The van der Waals surface area contributed by atoms with E-state index in [0.717, 1.165) is 49.5 Å². The maximum absolute atomic E-state index is 13.5. The summed E-state index contributed by atoms with van der Waals surface area (Å²) in [5.74, 6) is 3.81. The topological polar surface area (TPSA) is 61.5 Å². The Morgan fingerprint density at radius 1 is 0.860 bits per heavy atom. The Morgan fingerprint density at radius 2 is 1.58 bits per heavy atom. The summed E-state index contributed by atoms with van der Waals surface area (Å²) in [4.78, 5) is 13.5. The van der Waals surface area contributed by atoms with E-state index in [2.05, 4.69) is 54.2 Å². The number of esters is 1. The molecule has 0 radical (unpaired) electrons. The van der Waals surface area contributed by atoms with Gasteiger partial charge in [0.05, 0.1) is 0 Å². The fourth-order valence-corrected chi connectivity index (χ4v) is 14.4. The molecule has 7 rings (SSSR count). The number of fused-ring (bicyclic) bond motifs is 7. The molecule has 4 nitrogen and oxygen atoms in total. The van der Waals surface area contributed by atoms with Gasteiger partial charge < -0.3 is 15.2 Å². The number of allylic oxidation sites excluding steroid dienone is 3. The first kappa shape index (κ1) is 36.4. The van der Waals surface area contributed by atoms with Crippen LogP contribution >= 0.6 is 0 Å². The van der Waals surface area contributed by atoms with Gasteiger partial charge in [0.1, 0.15) is 6.61 Å². The second-order valence-corrected chi connectivity index (χ2v) is 19.7. The smallest absolute Gasteiger partial charge is 0.338 e. The van der Waals surface area contributed by atoms with E-state index in [-0.39, 0.29) is 16.9 Å². The van der Waals surface area contributed by atoms with Gasteiger partial charge >= 0.3 is 5.97 Å². The van der Waals surface area contributed by atoms with Crippen molar-refractivity contribution in [1.29, 1.82) is 0 Å². The van der Waals surface area contributed by atoms with Gasteiger partial charge in [0.15, 0.2) is 5.60 Å². The van der Waals surface area contributed by atoms with E-state index < -0.39 is 5.60 Å². The van der Waals surface area contributed by atoms with Crippen LogP contribution in [0.2, 0.25) is 0 Å². The van der Waals surface area contributed by atoms with Crippen molar-refractivity contribution < 1.29 is 14.3 Å². The highest BCUT2D eigenvalue weighted by atomic mass is 16.6. The molecule has 0 amide bonds. The third-order valence-corrected chi connectivity index (χ3v) is 17.3. The summed E-state index contributed by atoms with van der Waals surface area (Å²) in [7, 11) is 0. The van der Waals surface area contributed by atoms with Crippen LogP contribution in [0.25, 0.3) is 0 Å². The maximum atomic E-state index is 13.5. The molecule has 0 spiro atoms. The second kappa shape index (κ2) is 12.9. The molecule has 0 unspecified atom stereocenters. The van der Waals surface area contributed by atoms with E-state index in [1.54, 1.807) is 5.57 Å². The molecule has 1 aromatic rings. The van der Waals surface area contributed by atoms with Gasteiger partial charge in [-0.25, -0.2) is 4.79 Å². The van der Waals surface area contributed by atoms with E-state index in [0.29, 0.717) is 53.1 Å². The Morgan fingerprint density at radius 3 is 2.26 bits per heavy atom. The molecule has 6 aliphatic rings. The summed E-state index contributed by atoms with van der Waals surface area (Å²) in [6.07, 6.45) is 19.0. The third kappa shape index (κ3) is 5.54. The van der Waals surface area contributed by atoms with Crippen molar-refractivity contribution in [3.05, 3.63) is 59.7 Å². The van der Waals surface area contributed by atoms with Gasteiger partial charge in [0, 0.05) is 12.1 Å². The molecule has 4 heteroatoms. The average Bonchev–Trinajstić information content (AvgIpc) is 3.44. The minimum atomic E-state index is -0.802. The molecule has 9 atom stereocenters. The molecule has 0 heterocycles. The van der Waals surface area contributed by atoms with Gasteiger partial charge in [0.2, 0.25) is 0 Å². The zero-order valence-electron chi connectivity index (χ0n) is 32.8. The first-order valence-electron chi connectivity index (χ1n) is 20.6. The van der Waals surface area contributed by atoms with Crippen LogP contribution in [-0.4, -0.2) is 23.7 Å². The monoisotopic (exact) mass is 684 g/mol. The van der Waals surface area contributed by atoms with Crippen LogP contribution in [0.1, 0.15) is 144 Å². The highest BCUT2D eigenvalue weighted by molar-refractivity contribution is 5.79. The van der Waals surface area contributed by atoms with Gasteiger partial charge in [-0.2, -0.15) is 0 Å². The molecule has 276 valence electrons. The van der Waals surface area contributed by atoms with Gasteiger partial charge in [-0.3, -0.25) is 0 Å². The van der Waals surface area contributed by atoms with Gasteiger partial charge in [-0.1, -0.05) is 88.8 Å². The minimum absolute atomic E-state index is 0.0203. The van der Waals surface area contributed by atoms with Crippen LogP contribution in [0.5, 0.6) is 0 Å². The lowest BCUT2D eigenvalue weighted by Crippen LogP contribution is -2.67. The molecule has 5 saturated carbocycles. The van der Waals surface area contributed by atoms with Crippen molar-refractivity contribution in [2.75, 3.05) is 6.61 Å². The first-order chi connectivity index (χ1) is 23.6. The zero-order chi connectivity index (χ0) is 35.7. The van der Waals surface area contributed by atoms with Gasteiger partial charge in [0.25, 0.3) is 0 Å². The fourth-order valence-electron chi connectivity index (χ4n) is 14.4. The standard InChI is InChI=1S/C46H69NO3/c1-9-50-46(40(48)49-30-33-13-11-10-12-14-33)25-17-32(18-26-46)29-34-19-22-42(6)37(41(34,4)5)21-23-44(8)38(42)16-15-36-39-35(31(2)3)20-24-45(39,47)28-27-43(36,44)7/h10-14,19,32,35-39H,2,9,15-18,20-30,47H2,1,3-8H3/t32?,35-,36+,37-,38+,39+,42-,43+,44+,45-,46?/m0/s1. The van der Waals surface area contributed by atoms with Crippen molar-refractivity contribution >= 4 is 5.97 Å². The Labute approximate surface area is 304 Å². The predicted octanol–water partition coefficient (Wildman–Crippen LogP) is 11.0. The van der Waals surface area contributed by atoms with Crippen LogP contribution in [0.4, 0.5) is 0 Å². The number of carbonyl (C=O) groups excluding carboxylic acids is 1. The molecule has 0 aromatic heterocycles. The normalized spacial score (nSPS) is 44.9. The fraction of sp³-hybridized carbons (Fsp3) is 0.761. The van der Waals surface area contributed by atoms with Crippen molar-refractivity contribution in [2.45, 2.75) is 156 Å². The number of hydrogen-bond donors (Lipinski definition) is 1. The molecule has 2 N–H and O–H groups in total. The van der Waals surface area contributed by atoms with Crippen LogP contribution in [0.15, 0.2) is 54.1 Å². The average molecular weight is 684 g/mol. The Bertz CT molecular complexity index is 1470. The van der Waals surface area contributed by atoms with E-state index >= 15 is 0 Å². The van der Waals surface area contributed by atoms with Crippen molar-refractivity contribution in [1.82, 2.24) is 0 Å². The predicted molar refractivity (Wildman–Crippen MR) is 204 cm³/mol. The summed E-state index contributed by atoms with van der Waals surface area (Å²) in [5, 5.41) is 0. The molecule has 6 aliphatic carbocycles. The van der Waals surface area contributed by atoms with Crippen molar-refractivity contribution in [2.24, 2.45) is 62.9 Å². The SMILES string of the molecule is C=C(C)[C@@H]1CC[C@]2(N)CC[C@]3(C)[C@H](CC[C@@H]4[C@@]5(C)CC=C(CC6CCC(OCC)(C(=O)OCc7ccccc7)CC6)C(C)(C)[C@@H]5CC[C@]43C)[C@@H]12. The molecule has 0 saturated heterocycles. The quantitative estimate of drug-likeness (QED) is 0.219. The summed E-state index contributed by atoms with van der Waals surface area (Å²) < 4.78 is 12.1. The number of nitrogens with two attached hydrogens (primary N) is 1. The lowest BCUT2D eigenvalue weighted by molar-refractivity contribution is -0.219. The summed E-state index contributed by atoms with van der Waals surface area (Å²) in [6.45, 7) is 23.0. The van der Waals surface area contributed by atoms with Crippen LogP contribution in [-0.2, 0) is 20.9 Å². The molecule has 50 heavy (non-hydrogen) atoms. The summed E-state index contributed by atoms with van der Waals surface area (Å²) in [5.41, 5.74) is 11.8. The van der Waals surface area contributed by atoms with E-state index in [1.807, 2.05) is 37.3 Å². The molecular weight excluding hydrogens is 615 g/mol. The molecule has 5 fully saturated rings. The van der Waals surface area contributed by atoms with Crippen molar-refractivity contribution in [3.63, 3.8) is 0 Å². The van der Waals surface area contributed by atoms with Crippen LogP contribution < -0.4 is 5.73 Å². The summed E-state index contributed by atoms with van der Waals surface area (Å²) >= 11 is 0. The number of carbonyl (C=O) groups is 1. The van der Waals surface area contributed by atoms with E-state index in [4.69, 9.17) is 15.2 Å². The van der Waals surface area contributed by atoms with Crippen LogP contribution in [0, 0.1) is 57.2 Å². The molecular formula is C46H69NO3. The number of rotatable bonds is 8. The number of benzene rings is 1. The lowest BCUT2D eigenvalue weighted by atomic mass is 9.33. The Kier molecular flexibility index (Phi) is 9.40. The van der Waals surface area contributed by atoms with E-state index in [1.165, 1.54) is 63.4 Å². The first-order valence-corrected chi connectivity index (χ1v) is 20.6. The lowest BCUT2D eigenvalue weighted by Gasteiger charge is -2.72. The van der Waals surface area contributed by atoms with Gasteiger partial charge in [-0.05, 0) is 166 Å². The molecule has 1 aromatic carbocycles. The minimum Gasteiger partial charge on any atom is -0.459 e. The van der Waals surface area contributed by atoms with E-state index in [9.17, 15) is 4.79 Å². The third-order valence-electron chi connectivity index (χ3n) is 17.3. The Balaban J connectivity index is 1.05. The zero-order valence-corrected chi connectivity index (χ0v) is 32.8. The largest absolute Gasteiger partial charge is 0.459 e. The Hall–Kier alpha value is -1.91. The second-order valence-electron chi connectivity index (χ2n) is 19.7. The van der Waals surface area contributed by atoms with Gasteiger partial charge in [-0.15, -0.1) is 0 Å². The summed E-state index contributed by atoms with van der Waals surface area (Å²) in [6, 6.07) is 9.99.